The second kappa shape index (κ2) is 38.7. The summed E-state index contributed by atoms with van der Waals surface area (Å²) in [4.78, 5) is 83.6. The molecule has 0 aliphatic heterocycles. The van der Waals surface area contributed by atoms with E-state index < -0.39 is 49.2 Å². The molecule has 328 valence electrons. The van der Waals surface area contributed by atoms with Crippen molar-refractivity contribution in [3.05, 3.63) is 0 Å². The van der Waals surface area contributed by atoms with Crippen molar-refractivity contribution in [2.24, 2.45) is 0 Å². The monoisotopic (exact) mass is 823 g/mol. The molecule has 0 spiro atoms. The van der Waals surface area contributed by atoms with E-state index in [2.05, 4.69) is 21.3 Å². The van der Waals surface area contributed by atoms with E-state index in [0.29, 0.717) is 65.9 Å². The maximum Gasteiger partial charge on any atom is 0.407 e. The number of ether oxygens (including phenoxy) is 10. The van der Waals surface area contributed by atoms with Crippen LogP contribution in [-0.2, 0) is 71.3 Å². The minimum absolute atomic E-state index is 0.0270. The predicted molar refractivity (Wildman–Crippen MR) is 202 cm³/mol. The third kappa shape index (κ3) is 38.5. The number of hydrogen-bond acceptors (Lipinski definition) is 18. The summed E-state index contributed by atoms with van der Waals surface area (Å²) >= 11 is 0. The second-order valence-electron chi connectivity index (χ2n) is 11.7. The average molecular weight is 824 g/mol. The van der Waals surface area contributed by atoms with Crippen LogP contribution in [0.1, 0.15) is 26.7 Å². The number of nitrogens with zero attached hydrogens (tertiary/aromatic N) is 1. The summed E-state index contributed by atoms with van der Waals surface area (Å²) in [6.45, 7) is 6.43. The highest BCUT2D eigenvalue weighted by atomic mass is 16.6. The lowest BCUT2D eigenvalue weighted by molar-refractivity contribution is -0.150. The Labute approximate surface area is 334 Å². The molecule has 0 aliphatic rings. The molecule has 0 fully saturated rings. The average Bonchev–Trinajstić information content (AvgIpc) is 3.17. The van der Waals surface area contributed by atoms with Crippen LogP contribution >= 0.6 is 0 Å². The van der Waals surface area contributed by atoms with E-state index in [4.69, 9.17) is 47.4 Å². The van der Waals surface area contributed by atoms with Crippen LogP contribution in [0.2, 0.25) is 0 Å². The molecule has 0 radical (unpaired) electrons. The number of carbonyl (C=O) groups is 7. The normalized spacial score (nSPS) is 10.7. The van der Waals surface area contributed by atoms with Crippen LogP contribution in [0.4, 0.5) is 9.59 Å². The molecule has 0 saturated heterocycles. The SMILES string of the molecule is BC(=O)CN(CCOC(=O)COCC(=O)NCCOCCOCCNC(=O)OCCC)CCOC(=O)COCC(=O)NCCOCCOCCNC(=O)OCCC. The summed E-state index contributed by atoms with van der Waals surface area (Å²) in [6.07, 6.45) is 0.511. The highest BCUT2D eigenvalue weighted by Gasteiger charge is 2.13. The van der Waals surface area contributed by atoms with Gasteiger partial charge < -0.3 is 73.4 Å². The van der Waals surface area contributed by atoms with E-state index in [-0.39, 0.29) is 78.0 Å². The van der Waals surface area contributed by atoms with Crippen molar-refractivity contribution in [1.82, 2.24) is 26.2 Å². The van der Waals surface area contributed by atoms with Gasteiger partial charge in [-0.1, -0.05) is 13.8 Å². The van der Waals surface area contributed by atoms with Gasteiger partial charge in [0.1, 0.15) is 39.6 Å². The summed E-state index contributed by atoms with van der Waals surface area (Å²) in [6, 6.07) is 0. The van der Waals surface area contributed by atoms with Crippen molar-refractivity contribution >= 4 is 49.5 Å². The minimum atomic E-state index is -0.708. The number of alkyl carbamates (subject to hydrolysis) is 2. The zero-order chi connectivity index (χ0) is 42.2. The third-order valence-corrected chi connectivity index (χ3v) is 6.48. The molecule has 0 rings (SSSR count). The van der Waals surface area contributed by atoms with Gasteiger partial charge in [0.15, 0.2) is 7.85 Å². The molecule has 4 N–H and O–H groups in total. The minimum Gasteiger partial charge on any atom is -0.463 e. The summed E-state index contributed by atoms with van der Waals surface area (Å²) in [7, 11) is 1.39. The Morgan fingerprint density at radius 1 is 0.439 bits per heavy atom. The van der Waals surface area contributed by atoms with Crippen LogP contribution in [0, 0.1) is 0 Å². The van der Waals surface area contributed by atoms with Crippen molar-refractivity contribution in [1.29, 1.82) is 0 Å². The lowest BCUT2D eigenvalue weighted by Gasteiger charge is -2.20. The first-order valence-corrected chi connectivity index (χ1v) is 18.9. The number of nitrogens with one attached hydrogen (secondary N) is 4. The van der Waals surface area contributed by atoms with Crippen molar-refractivity contribution < 1.29 is 80.9 Å². The summed E-state index contributed by atoms with van der Waals surface area (Å²) in [5.74, 6) is -2.31. The van der Waals surface area contributed by atoms with Gasteiger partial charge in [0.05, 0.1) is 71.8 Å². The maximum absolute atomic E-state index is 12.0. The van der Waals surface area contributed by atoms with Gasteiger partial charge >= 0.3 is 24.1 Å². The molecular formula is C34H62BN5O17. The van der Waals surface area contributed by atoms with Crippen LogP contribution in [0.5, 0.6) is 0 Å². The fraction of sp³-hybridized carbons (Fsp3) is 0.794. The molecule has 0 aromatic carbocycles. The lowest BCUT2D eigenvalue weighted by atomic mass is 10.0. The summed E-state index contributed by atoms with van der Waals surface area (Å²) in [5.41, 5.74) is -0.153. The zero-order valence-electron chi connectivity index (χ0n) is 33.6. The second-order valence-corrected chi connectivity index (χ2v) is 11.7. The Morgan fingerprint density at radius 3 is 1.16 bits per heavy atom. The number of hydrogen-bond donors (Lipinski definition) is 4. The van der Waals surface area contributed by atoms with E-state index in [0.717, 1.165) is 12.8 Å². The van der Waals surface area contributed by atoms with Gasteiger partial charge in [-0.3, -0.25) is 14.5 Å². The largest absolute Gasteiger partial charge is 0.463 e. The number of esters is 2. The molecule has 0 bridgehead atoms. The molecule has 0 unspecified atom stereocenters. The van der Waals surface area contributed by atoms with Crippen molar-refractivity contribution in [2.75, 3.05) is 152 Å². The van der Waals surface area contributed by atoms with Crippen LogP contribution < -0.4 is 21.3 Å². The summed E-state index contributed by atoms with van der Waals surface area (Å²) < 4.78 is 51.4. The van der Waals surface area contributed by atoms with Gasteiger partial charge in [0.25, 0.3) is 0 Å². The first-order valence-electron chi connectivity index (χ1n) is 18.9. The molecule has 22 nitrogen and oxygen atoms in total. The summed E-state index contributed by atoms with van der Waals surface area (Å²) in [5, 5.41) is 10.3. The molecule has 0 saturated carbocycles. The van der Waals surface area contributed by atoms with Gasteiger partial charge in [-0.05, 0) is 12.8 Å². The molecule has 23 heteroatoms. The molecule has 0 atom stereocenters. The Kier molecular flexibility index (Phi) is 35.9. The number of amides is 4. The van der Waals surface area contributed by atoms with Gasteiger partial charge in [-0.25, -0.2) is 19.2 Å². The first kappa shape index (κ1) is 52.9. The van der Waals surface area contributed by atoms with E-state index in [1.54, 1.807) is 4.90 Å². The molecular weight excluding hydrogens is 761 g/mol. The van der Waals surface area contributed by atoms with E-state index >= 15 is 0 Å². The quantitative estimate of drug-likeness (QED) is 0.0211. The van der Waals surface area contributed by atoms with Gasteiger partial charge in [-0.2, -0.15) is 0 Å². The highest BCUT2D eigenvalue weighted by molar-refractivity contribution is 6.58. The van der Waals surface area contributed by atoms with Crippen molar-refractivity contribution in [3.63, 3.8) is 0 Å². The van der Waals surface area contributed by atoms with Crippen molar-refractivity contribution in [2.45, 2.75) is 26.7 Å². The number of rotatable bonds is 38. The fourth-order valence-corrected chi connectivity index (χ4v) is 3.91. The predicted octanol–water partition coefficient (Wildman–Crippen LogP) is -2.86. The van der Waals surface area contributed by atoms with Gasteiger partial charge in [-0.15, -0.1) is 0 Å². The standard InChI is InChI=1S/C34H62BN5O17/c1-3-11-56-33(46)38-7-15-50-21-19-48-13-5-36-29(42)24-52-26-31(44)54-17-9-40(23-28(35)41)10-18-55-32(45)27-53-25-30(43)37-6-14-49-20-22-51-16-8-39-34(47)57-12-4-2/h3-27,35H2,1-2H3,(H,36,42)(H,37,43)(H,38,46)(H,39,47). The smallest absolute Gasteiger partial charge is 0.407 e. The van der Waals surface area contributed by atoms with Crippen LogP contribution in [-0.4, -0.2) is 206 Å². The van der Waals surface area contributed by atoms with E-state index in [1.807, 2.05) is 13.8 Å². The van der Waals surface area contributed by atoms with Gasteiger partial charge in [0, 0.05) is 45.8 Å². The molecule has 0 aliphatic carbocycles. The first-order chi connectivity index (χ1) is 27.6. The molecule has 57 heavy (non-hydrogen) atoms. The Morgan fingerprint density at radius 2 is 0.807 bits per heavy atom. The van der Waals surface area contributed by atoms with Crippen LogP contribution in [0.25, 0.3) is 0 Å². The molecule has 4 amide bonds. The Hall–Kier alpha value is -4.13. The Bertz CT molecular complexity index is 1050. The number of carbonyl (C=O) groups excluding carboxylic acids is 7. The zero-order valence-corrected chi connectivity index (χ0v) is 33.6. The fourth-order valence-electron chi connectivity index (χ4n) is 3.91. The van der Waals surface area contributed by atoms with Gasteiger partial charge in [0.2, 0.25) is 11.8 Å². The highest BCUT2D eigenvalue weighted by Crippen LogP contribution is 1.93. The van der Waals surface area contributed by atoms with Crippen LogP contribution in [0.3, 0.4) is 0 Å². The molecule has 0 aromatic heterocycles. The van der Waals surface area contributed by atoms with Crippen molar-refractivity contribution in [3.8, 4) is 0 Å². The molecule has 0 aromatic rings. The third-order valence-electron chi connectivity index (χ3n) is 6.48. The van der Waals surface area contributed by atoms with E-state index in [9.17, 15) is 33.6 Å². The molecule has 0 heterocycles. The lowest BCUT2D eigenvalue weighted by Crippen LogP contribution is -2.37. The topological polar surface area (TPSA) is 263 Å². The van der Waals surface area contributed by atoms with E-state index in [1.165, 1.54) is 7.85 Å². The Balaban J connectivity index is 3.84. The maximum atomic E-state index is 12.0. The van der Waals surface area contributed by atoms with Crippen LogP contribution in [0.15, 0.2) is 0 Å².